The molecule has 4 rings (SSSR count). The van der Waals surface area contributed by atoms with Crippen molar-refractivity contribution in [2.45, 2.75) is 30.7 Å². The van der Waals surface area contributed by atoms with Crippen molar-refractivity contribution in [2.75, 3.05) is 45.9 Å². The summed E-state index contributed by atoms with van der Waals surface area (Å²) < 4.78 is 46.2. The predicted molar refractivity (Wildman–Crippen MR) is 127 cm³/mol. The normalized spacial score (nSPS) is 19.6. The molecule has 7 nitrogen and oxygen atoms in total. The lowest BCUT2D eigenvalue weighted by Crippen LogP contribution is -2.46. The van der Waals surface area contributed by atoms with Crippen molar-refractivity contribution in [3.05, 3.63) is 65.5 Å². The molecule has 0 unspecified atom stereocenters. The van der Waals surface area contributed by atoms with Gasteiger partial charge in [-0.05, 0) is 49.6 Å². The van der Waals surface area contributed by atoms with Gasteiger partial charge >= 0.3 is 0 Å². The zero-order chi connectivity index (χ0) is 24.1. The molecule has 9 heteroatoms. The van der Waals surface area contributed by atoms with Gasteiger partial charge in [-0.3, -0.25) is 9.69 Å². The summed E-state index contributed by atoms with van der Waals surface area (Å²) in [4.78, 5) is 15.5. The van der Waals surface area contributed by atoms with E-state index in [1.165, 1.54) is 16.4 Å². The molecule has 1 N–H and O–H groups in total. The average Bonchev–Trinajstić information content (AvgIpc) is 2.86. The number of hydrogen-bond donors (Lipinski definition) is 1. The van der Waals surface area contributed by atoms with E-state index in [-0.39, 0.29) is 28.6 Å². The fourth-order valence-electron chi connectivity index (χ4n) is 4.59. The third-order valence-electron chi connectivity index (χ3n) is 6.69. The first-order valence-electron chi connectivity index (χ1n) is 11.8. The van der Waals surface area contributed by atoms with Crippen LogP contribution in [0, 0.1) is 18.7 Å². The van der Waals surface area contributed by atoms with E-state index in [0.717, 1.165) is 24.2 Å². The van der Waals surface area contributed by atoms with Crippen molar-refractivity contribution in [2.24, 2.45) is 5.92 Å². The summed E-state index contributed by atoms with van der Waals surface area (Å²) in [6.45, 7) is 5.70. The zero-order valence-electron chi connectivity index (χ0n) is 19.5. The molecule has 0 bridgehead atoms. The summed E-state index contributed by atoms with van der Waals surface area (Å²) in [7, 11) is -3.56. The van der Waals surface area contributed by atoms with Gasteiger partial charge in [-0.1, -0.05) is 29.8 Å². The second-order valence-corrected chi connectivity index (χ2v) is 10.9. The van der Waals surface area contributed by atoms with Crippen molar-refractivity contribution in [1.82, 2.24) is 14.5 Å². The molecule has 0 aromatic heterocycles. The topological polar surface area (TPSA) is 79.0 Å². The lowest BCUT2D eigenvalue weighted by atomic mass is 9.96. The van der Waals surface area contributed by atoms with Crippen LogP contribution in [-0.4, -0.2) is 69.5 Å². The number of ether oxygens (including phenoxy) is 1. The molecule has 0 radical (unpaired) electrons. The summed E-state index contributed by atoms with van der Waals surface area (Å²) in [5.41, 5.74) is 1.95. The maximum absolute atomic E-state index is 13.4. The SMILES string of the molecule is Cc1ccc(S(=O)(=O)N2CCC(C(=O)NC[C@@H](c3ccc(F)cc3)N3CCOCC3)CC2)cc1. The second kappa shape index (κ2) is 10.9. The van der Waals surface area contributed by atoms with Crippen LogP contribution in [0.15, 0.2) is 53.4 Å². The lowest BCUT2D eigenvalue weighted by molar-refractivity contribution is -0.126. The van der Waals surface area contributed by atoms with Crippen molar-refractivity contribution in [3.8, 4) is 0 Å². The van der Waals surface area contributed by atoms with Crippen LogP contribution in [0.5, 0.6) is 0 Å². The summed E-state index contributed by atoms with van der Waals surface area (Å²) in [5.74, 6) is -0.586. The van der Waals surface area contributed by atoms with E-state index in [2.05, 4.69) is 10.2 Å². The molecular formula is C25H32FN3O4S. The highest BCUT2D eigenvalue weighted by molar-refractivity contribution is 7.89. The smallest absolute Gasteiger partial charge is 0.243 e. The predicted octanol–water partition coefficient (Wildman–Crippen LogP) is 2.72. The van der Waals surface area contributed by atoms with E-state index in [4.69, 9.17) is 4.74 Å². The molecule has 0 aliphatic carbocycles. The standard InChI is InChI=1S/C25H32FN3O4S/c1-19-2-8-23(9-3-19)34(31,32)29-12-10-21(11-13-29)25(30)27-18-24(28-14-16-33-17-15-28)20-4-6-22(26)7-5-20/h2-9,21,24H,10-18H2,1H3,(H,27,30)/t24-/m0/s1. The first-order chi connectivity index (χ1) is 16.3. The third-order valence-corrected chi connectivity index (χ3v) is 8.61. The van der Waals surface area contributed by atoms with Crippen molar-refractivity contribution in [1.29, 1.82) is 0 Å². The van der Waals surface area contributed by atoms with Crippen LogP contribution in [0.3, 0.4) is 0 Å². The fraction of sp³-hybridized carbons (Fsp3) is 0.480. The van der Waals surface area contributed by atoms with E-state index in [1.807, 2.05) is 6.92 Å². The molecule has 0 saturated carbocycles. The van der Waals surface area contributed by atoms with Crippen LogP contribution in [-0.2, 0) is 19.6 Å². The number of piperidine rings is 1. The van der Waals surface area contributed by atoms with E-state index < -0.39 is 10.0 Å². The number of rotatable bonds is 7. The first kappa shape index (κ1) is 24.8. The van der Waals surface area contributed by atoms with Crippen molar-refractivity contribution >= 4 is 15.9 Å². The minimum Gasteiger partial charge on any atom is -0.379 e. The van der Waals surface area contributed by atoms with Crippen LogP contribution < -0.4 is 5.32 Å². The number of nitrogens with one attached hydrogen (secondary N) is 1. The van der Waals surface area contributed by atoms with Gasteiger partial charge in [0.1, 0.15) is 5.82 Å². The average molecular weight is 490 g/mol. The van der Waals surface area contributed by atoms with Crippen LogP contribution >= 0.6 is 0 Å². The summed E-state index contributed by atoms with van der Waals surface area (Å²) >= 11 is 0. The highest BCUT2D eigenvalue weighted by atomic mass is 32.2. The molecule has 1 amide bonds. The quantitative estimate of drug-likeness (QED) is 0.647. The summed E-state index contributed by atoms with van der Waals surface area (Å²) in [6.07, 6.45) is 0.964. The first-order valence-corrected chi connectivity index (χ1v) is 13.2. The van der Waals surface area contributed by atoms with Crippen LogP contribution in [0.4, 0.5) is 4.39 Å². The van der Waals surface area contributed by atoms with E-state index in [0.29, 0.717) is 45.7 Å². The molecule has 184 valence electrons. The lowest BCUT2D eigenvalue weighted by Gasteiger charge is -2.35. The number of amides is 1. The Morgan fingerprint density at radius 2 is 1.65 bits per heavy atom. The monoisotopic (exact) mass is 489 g/mol. The number of benzene rings is 2. The van der Waals surface area contributed by atoms with Crippen LogP contribution in [0.1, 0.15) is 30.0 Å². The number of sulfonamides is 1. The molecule has 2 aromatic carbocycles. The van der Waals surface area contributed by atoms with Gasteiger partial charge in [-0.25, -0.2) is 12.8 Å². The van der Waals surface area contributed by atoms with E-state index in [9.17, 15) is 17.6 Å². The van der Waals surface area contributed by atoms with Crippen LogP contribution in [0.25, 0.3) is 0 Å². The third kappa shape index (κ3) is 5.83. The van der Waals surface area contributed by atoms with Gasteiger partial charge in [0.25, 0.3) is 0 Å². The number of aryl methyl sites for hydroxylation is 1. The number of carbonyl (C=O) groups is 1. The Balaban J connectivity index is 1.35. The van der Waals surface area contributed by atoms with Gasteiger partial charge in [0.05, 0.1) is 24.2 Å². The Bertz CT molecular complexity index is 1060. The molecule has 2 aliphatic rings. The van der Waals surface area contributed by atoms with Gasteiger partial charge in [0, 0.05) is 38.6 Å². The fourth-order valence-corrected chi connectivity index (χ4v) is 6.06. The Morgan fingerprint density at radius 3 is 2.26 bits per heavy atom. The highest BCUT2D eigenvalue weighted by Crippen LogP contribution is 2.25. The number of morpholine rings is 1. The van der Waals surface area contributed by atoms with Gasteiger partial charge in [0.2, 0.25) is 15.9 Å². The minimum atomic E-state index is -3.56. The van der Waals surface area contributed by atoms with Gasteiger partial charge in [0.15, 0.2) is 0 Å². The molecule has 34 heavy (non-hydrogen) atoms. The van der Waals surface area contributed by atoms with Crippen LogP contribution in [0.2, 0.25) is 0 Å². The molecule has 0 spiro atoms. The number of carbonyl (C=O) groups excluding carboxylic acids is 1. The largest absolute Gasteiger partial charge is 0.379 e. The Kier molecular flexibility index (Phi) is 7.98. The molecule has 2 fully saturated rings. The number of nitrogens with zero attached hydrogens (tertiary/aromatic N) is 2. The molecular weight excluding hydrogens is 457 g/mol. The van der Waals surface area contributed by atoms with Gasteiger partial charge in [-0.15, -0.1) is 0 Å². The number of hydrogen-bond acceptors (Lipinski definition) is 5. The maximum Gasteiger partial charge on any atom is 0.243 e. The Morgan fingerprint density at radius 1 is 1.03 bits per heavy atom. The Hall–Kier alpha value is -2.33. The second-order valence-electron chi connectivity index (χ2n) is 8.95. The molecule has 2 aliphatic heterocycles. The molecule has 2 heterocycles. The van der Waals surface area contributed by atoms with E-state index in [1.54, 1.807) is 36.4 Å². The Labute approximate surface area is 200 Å². The van der Waals surface area contributed by atoms with Gasteiger partial charge in [-0.2, -0.15) is 4.31 Å². The van der Waals surface area contributed by atoms with E-state index >= 15 is 0 Å². The van der Waals surface area contributed by atoms with Gasteiger partial charge < -0.3 is 10.1 Å². The number of halogens is 1. The molecule has 1 atom stereocenters. The highest BCUT2D eigenvalue weighted by Gasteiger charge is 2.32. The summed E-state index contributed by atoms with van der Waals surface area (Å²) in [5, 5.41) is 3.07. The minimum absolute atomic E-state index is 0.0623. The van der Waals surface area contributed by atoms with Crippen molar-refractivity contribution < 1.29 is 22.3 Å². The van der Waals surface area contributed by atoms with Crippen molar-refractivity contribution in [3.63, 3.8) is 0 Å². The summed E-state index contributed by atoms with van der Waals surface area (Å²) in [6, 6.07) is 13.2. The zero-order valence-corrected chi connectivity index (χ0v) is 20.3. The maximum atomic E-state index is 13.4. The molecule has 2 aromatic rings. The molecule has 2 saturated heterocycles.